The molecule has 8 aliphatic rings. The Morgan fingerprint density at radius 3 is 2.09 bits per heavy atom. The van der Waals surface area contributed by atoms with E-state index in [0.717, 1.165) is 44.9 Å². The molecule has 0 aromatic carbocycles. The Kier molecular flexibility index (Phi) is 9.95. The van der Waals surface area contributed by atoms with Gasteiger partial charge in [-0.15, -0.1) is 0 Å². The van der Waals surface area contributed by atoms with Gasteiger partial charge in [-0.05, 0) is 109 Å². The molecule has 5 aliphatic carbocycles. The molecule has 3 aliphatic heterocycles. The van der Waals surface area contributed by atoms with Crippen LogP contribution in [0.3, 0.4) is 0 Å². The van der Waals surface area contributed by atoms with Crippen molar-refractivity contribution in [3.63, 3.8) is 0 Å². The average Bonchev–Trinajstić information content (AvgIpc) is 3.47. The van der Waals surface area contributed by atoms with Crippen LogP contribution in [-0.2, 0) is 23.7 Å². The summed E-state index contributed by atoms with van der Waals surface area (Å²) in [5.41, 5.74) is -1.50. The lowest BCUT2D eigenvalue weighted by molar-refractivity contribution is -0.337. The summed E-state index contributed by atoms with van der Waals surface area (Å²) in [5.74, 6) is -0.313. The Morgan fingerprint density at radius 2 is 1.44 bits per heavy atom. The van der Waals surface area contributed by atoms with Crippen molar-refractivity contribution in [3.05, 3.63) is 0 Å². The largest absolute Gasteiger partial charge is 0.394 e. The lowest BCUT2D eigenvalue weighted by atomic mass is 9.41. The van der Waals surface area contributed by atoms with Crippen molar-refractivity contribution >= 4 is 0 Å². The molecule has 0 amide bonds. The van der Waals surface area contributed by atoms with Gasteiger partial charge in [0.05, 0.1) is 49.3 Å². The Labute approximate surface area is 327 Å². The summed E-state index contributed by atoms with van der Waals surface area (Å²) in [6.45, 7) is 19.5. The van der Waals surface area contributed by atoms with E-state index in [-0.39, 0.29) is 63.6 Å². The van der Waals surface area contributed by atoms with Crippen LogP contribution >= 0.6 is 0 Å². The highest BCUT2D eigenvalue weighted by molar-refractivity contribution is 5.33. The van der Waals surface area contributed by atoms with Gasteiger partial charge in [0.2, 0.25) is 0 Å². The van der Waals surface area contributed by atoms with E-state index in [1.54, 1.807) is 6.92 Å². The molecule has 12 nitrogen and oxygen atoms in total. The van der Waals surface area contributed by atoms with Crippen LogP contribution in [0.5, 0.6) is 0 Å². The third-order valence-electron chi connectivity index (χ3n) is 18.2. The maximum absolute atomic E-state index is 12.3. The first-order valence-electron chi connectivity index (χ1n) is 21.5. The van der Waals surface area contributed by atoms with E-state index in [9.17, 15) is 35.7 Å². The summed E-state index contributed by atoms with van der Waals surface area (Å²) in [7, 11) is 0. The molecule has 55 heavy (non-hydrogen) atoms. The van der Waals surface area contributed by atoms with Crippen LogP contribution in [0.15, 0.2) is 0 Å². The Morgan fingerprint density at radius 1 is 0.727 bits per heavy atom. The number of rotatable bonds is 6. The predicted molar refractivity (Wildman–Crippen MR) is 200 cm³/mol. The van der Waals surface area contributed by atoms with E-state index in [1.807, 2.05) is 0 Å². The molecule has 7 N–H and O–H groups in total. The average molecular weight is 781 g/mol. The molecular formula is C43H72O12. The second-order valence-corrected chi connectivity index (χ2v) is 22.1. The predicted octanol–water partition coefficient (Wildman–Crippen LogP) is 3.27. The molecule has 0 bridgehead atoms. The van der Waals surface area contributed by atoms with E-state index in [1.165, 1.54) is 0 Å². The molecule has 316 valence electrons. The second kappa shape index (κ2) is 13.3. The molecule has 12 heteroatoms. The maximum Gasteiger partial charge on any atom is 0.186 e. The summed E-state index contributed by atoms with van der Waals surface area (Å²) in [5, 5.41) is 76.6. The second-order valence-electron chi connectivity index (χ2n) is 22.1. The highest BCUT2D eigenvalue weighted by Gasteiger charge is 2.85. The van der Waals surface area contributed by atoms with E-state index in [0.29, 0.717) is 12.8 Å². The van der Waals surface area contributed by atoms with Gasteiger partial charge in [-0.2, -0.15) is 0 Å². The fraction of sp³-hybridized carbons (Fsp3) is 1.00. The lowest BCUT2D eigenvalue weighted by Crippen LogP contribution is -2.65. The molecular weight excluding hydrogens is 708 g/mol. The highest BCUT2D eigenvalue weighted by atomic mass is 16.7. The van der Waals surface area contributed by atoms with Gasteiger partial charge in [-0.3, -0.25) is 0 Å². The van der Waals surface area contributed by atoms with Crippen molar-refractivity contribution in [2.45, 2.75) is 199 Å². The zero-order chi connectivity index (χ0) is 40.1. The summed E-state index contributed by atoms with van der Waals surface area (Å²) < 4.78 is 32.6. The van der Waals surface area contributed by atoms with Crippen molar-refractivity contribution in [1.82, 2.24) is 0 Å². The number of ether oxygens (including phenoxy) is 5. The van der Waals surface area contributed by atoms with Crippen LogP contribution in [0.4, 0.5) is 0 Å². The Balaban J connectivity index is 1.15. The van der Waals surface area contributed by atoms with Crippen molar-refractivity contribution in [3.8, 4) is 0 Å². The standard InChI is InChI=1S/C43H72O12/c1-21-23(46)19-51-35(29(21)47)54-28-11-13-43-20-42(43)15-14-39(7)33(41(9)12-10-27(55-41)37(2,3)4)22(45)17-40(39,8)26(42)16-24(34(43)38(28,5)6)52-36-32(50)31(49)30(48)25(18-44)53-36/h21-36,44-50H,10-20H2,1-9H3/t21?,22-,23?,24-,25?,26?,27?,28-,29?,30?,31?,32?,33?,34?,35?,36?,39+,40-,41+,42?,43?/m0/s1. The molecule has 2 spiro atoms. The number of aliphatic hydroxyl groups is 7. The minimum absolute atomic E-state index is 0.00591. The van der Waals surface area contributed by atoms with Gasteiger partial charge in [0.1, 0.15) is 30.5 Å². The summed E-state index contributed by atoms with van der Waals surface area (Å²) in [6.07, 6.45) is -2.84. The van der Waals surface area contributed by atoms with E-state index in [2.05, 4.69) is 55.4 Å². The number of hydrogen-bond acceptors (Lipinski definition) is 12. The Hall–Kier alpha value is -0.480. The summed E-state index contributed by atoms with van der Waals surface area (Å²) in [4.78, 5) is 0. The third-order valence-corrected chi connectivity index (χ3v) is 18.2. The van der Waals surface area contributed by atoms with Gasteiger partial charge in [0.15, 0.2) is 12.6 Å². The zero-order valence-electron chi connectivity index (χ0n) is 34.7. The first-order valence-corrected chi connectivity index (χ1v) is 21.5. The molecule has 21 atom stereocenters. The fourth-order valence-electron chi connectivity index (χ4n) is 15.1. The number of aliphatic hydroxyl groups excluding tert-OH is 7. The van der Waals surface area contributed by atoms with E-state index in [4.69, 9.17) is 23.7 Å². The van der Waals surface area contributed by atoms with Crippen LogP contribution in [-0.4, -0.2) is 128 Å². The minimum atomic E-state index is -1.56. The quantitative estimate of drug-likeness (QED) is 0.196. The summed E-state index contributed by atoms with van der Waals surface area (Å²) in [6, 6.07) is 0. The van der Waals surface area contributed by atoms with Gasteiger partial charge < -0.3 is 59.4 Å². The number of hydrogen-bond donors (Lipinski definition) is 7. The molecule has 3 heterocycles. The van der Waals surface area contributed by atoms with Gasteiger partial charge in [-0.1, -0.05) is 55.4 Å². The Bertz CT molecular complexity index is 1450. The highest BCUT2D eigenvalue weighted by Crippen LogP contribution is 2.89. The molecule has 8 fully saturated rings. The molecule has 15 unspecified atom stereocenters. The van der Waals surface area contributed by atoms with Crippen molar-refractivity contribution < 1.29 is 59.4 Å². The monoisotopic (exact) mass is 781 g/mol. The normalized spacial score (nSPS) is 58.7. The molecule has 3 saturated heterocycles. The van der Waals surface area contributed by atoms with Crippen LogP contribution in [0.1, 0.15) is 120 Å². The van der Waals surface area contributed by atoms with Gasteiger partial charge >= 0.3 is 0 Å². The molecule has 0 radical (unpaired) electrons. The molecule has 8 rings (SSSR count). The van der Waals surface area contributed by atoms with Gasteiger partial charge in [-0.25, -0.2) is 0 Å². The third kappa shape index (κ3) is 5.73. The SMILES string of the molecule is CC1C(O)COC(O[C@H]2CCC34CC35CC[C@]3(C)C([C@@]6(C)CCC(C(C)(C)C)O6)[C@@H](O)C[C@@]3(C)C5C[C@H](OC3OC(CO)C(O)C(O)C3O)C4C2(C)C)C1O. The first kappa shape index (κ1) is 41.3. The van der Waals surface area contributed by atoms with Gasteiger partial charge in [0.25, 0.3) is 0 Å². The molecule has 0 aromatic rings. The zero-order valence-corrected chi connectivity index (χ0v) is 34.7. The minimum Gasteiger partial charge on any atom is -0.394 e. The van der Waals surface area contributed by atoms with Crippen LogP contribution < -0.4 is 0 Å². The smallest absolute Gasteiger partial charge is 0.186 e. The van der Waals surface area contributed by atoms with E-state index < -0.39 is 85.0 Å². The van der Waals surface area contributed by atoms with Crippen LogP contribution in [0.2, 0.25) is 0 Å². The molecule has 5 saturated carbocycles. The van der Waals surface area contributed by atoms with Gasteiger partial charge in [0, 0.05) is 11.8 Å². The van der Waals surface area contributed by atoms with Crippen LogP contribution in [0.25, 0.3) is 0 Å². The van der Waals surface area contributed by atoms with Crippen LogP contribution in [0, 0.1) is 56.2 Å². The van der Waals surface area contributed by atoms with Crippen molar-refractivity contribution in [2.75, 3.05) is 13.2 Å². The summed E-state index contributed by atoms with van der Waals surface area (Å²) >= 11 is 0. The van der Waals surface area contributed by atoms with Crippen molar-refractivity contribution in [2.24, 2.45) is 56.2 Å². The first-order chi connectivity index (χ1) is 25.5. The van der Waals surface area contributed by atoms with E-state index >= 15 is 0 Å². The number of fused-ring (bicyclic) bond motifs is 2. The topological polar surface area (TPSA) is 188 Å². The molecule has 0 aromatic heterocycles. The van der Waals surface area contributed by atoms with Crippen molar-refractivity contribution in [1.29, 1.82) is 0 Å². The fourth-order valence-corrected chi connectivity index (χ4v) is 15.1. The maximum atomic E-state index is 12.3. The lowest BCUT2D eigenvalue weighted by Gasteiger charge is -2.65.